The zero-order valence-corrected chi connectivity index (χ0v) is 26.0. The quantitative estimate of drug-likeness (QED) is 0.156. The Labute approximate surface area is 273 Å². The van der Waals surface area contributed by atoms with Gasteiger partial charge in [-0.1, -0.05) is 133 Å². The molecule has 0 heterocycles. The SMILES string of the molecule is c1ccc(C2=C(CN(c3ccccc3)c3ccccc3)CC/C2=C(/CN(c2ccccc2)c2ccccc2)c2ccccc2)cc1. The van der Waals surface area contributed by atoms with Gasteiger partial charge < -0.3 is 9.80 Å². The van der Waals surface area contributed by atoms with Crippen LogP contribution in [-0.4, -0.2) is 13.1 Å². The van der Waals surface area contributed by atoms with Crippen molar-refractivity contribution < 1.29 is 0 Å². The summed E-state index contributed by atoms with van der Waals surface area (Å²) >= 11 is 0. The van der Waals surface area contributed by atoms with Crippen LogP contribution in [0.4, 0.5) is 22.7 Å². The summed E-state index contributed by atoms with van der Waals surface area (Å²) in [6.45, 7) is 1.59. The third-order valence-electron chi connectivity index (χ3n) is 8.82. The molecule has 0 aromatic heterocycles. The molecule has 0 saturated carbocycles. The van der Waals surface area contributed by atoms with E-state index in [1.54, 1.807) is 0 Å². The Hall–Kier alpha value is -5.60. The molecule has 2 nitrogen and oxygen atoms in total. The monoisotopic (exact) mass is 594 g/mol. The third-order valence-corrected chi connectivity index (χ3v) is 8.82. The third kappa shape index (κ3) is 6.43. The Morgan fingerprint density at radius 2 is 0.804 bits per heavy atom. The molecule has 224 valence electrons. The molecule has 0 amide bonds. The van der Waals surface area contributed by atoms with Crippen molar-refractivity contribution in [2.24, 2.45) is 0 Å². The minimum absolute atomic E-state index is 0.762. The zero-order valence-electron chi connectivity index (χ0n) is 26.0. The summed E-state index contributed by atoms with van der Waals surface area (Å²) in [4.78, 5) is 4.92. The normalized spacial score (nSPS) is 13.8. The Bertz CT molecular complexity index is 1820. The molecule has 0 unspecified atom stereocenters. The zero-order chi connectivity index (χ0) is 31.0. The minimum Gasteiger partial charge on any atom is -0.337 e. The number of hydrogen-bond donors (Lipinski definition) is 0. The summed E-state index contributed by atoms with van der Waals surface area (Å²) in [6.07, 6.45) is 2.02. The van der Waals surface area contributed by atoms with Crippen LogP contribution in [0.25, 0.3) is 11.1 Å². The molecule has 7 rings (SSSR count). The Morgan fingerprint density at radius 3 is 1.26 bits per heavy atom. The lowest BCUT2D eigenvalue weighted by atomic mass is 9.90. The van der Waals surface area contributed by atoms with E-state index in [4.69, 9.17) is 0 Å². The van der Waals surface area contributed by atoms with Crippen LogP contribution in [-0.2, 0) is 0 Å². The number of para-hydroxylation sites is 4. The molecule has 0 saturated heterocycles. The van der Waals surface area contributed by atoms with E-state index in [1.165, 1.54) is 56.2 Å². The van der Waals surface area contributed by atoms with Gasteiger partial charge in [-0.15, -0.1) is 0 Å². The van der Waals surface area contributed by atoms with Crippen molar-refractivity contribution in [2.75, 3.05) is 22.9 Å². The summed E-state index contributed by atoms with van der Waals surface area (Å²) < 4.78 is 0. The predicted molar refractivity (Wildman–Crippen MR) is 196 cm³/mol. The molecule has 6 aromatic rings. The van der Waals surface area contributed by atoms with Crippen LogP contribution in [0, 0.1) is 0 Å². The molecule has 6 aromatic carbocycles. The minimum atomic E-state index is 0.762. The van der Waals surface area contributed by atoms with Gasteiger partial charge in [0.15, 0.2) is 0 Å². The Balaban J connectivity index is 1.41. The number of allylic oxidation sites excluding steroid dienone is 2. The van der Waals surface area contributed by atoms with Crippen LogP contribution in [0.1, 0.15) is 24.0 Å². The Kier molecular flexibility index (Phi) is 8.87. The first-order chi connectivity index (χ1) is 22.8. The largest absolute Gasteiger partial charge is 0.337 e. The standard InChI is InChI=1S/C44H38N2/c1-7-19-35(20-8-1)43(34-46(40-27-15-5-16-28-40)41-29-17-6-18-30-41)42-32-31-37(44(42)36-21-9-2-10-22-36)33-45(38-23-11-3-12-24-38)39-25-13-4-14-26-39/h1-30H,31-34H2/b43-42+. The van der Waals surface area contributed by atoms with Crippen LogP contribution in [0.3, 0.4) is 0 Å². The van der Waals surface area contributed by atoms with E-state index in [-0.39, 0.29) is 0 Å². The van der Waals surface area contributed by atoms with Crippen LogP contribution in [0.15, 0.2) is 193 Å². The summed E-state index contributed by atoms with van der Waals surface area (Å²) in [6, 6.07) is 65.2. The van der Waals surface area contributed by atoms with Crippen LogP contribution in [0.5, 0.6) is 0 Å². The molecule has 0 radical (unpaired) electrons. The molecule has 0 bridgehead atoms. The summed E-state index contributed by atoms with van der Waals surface area (Å²) in [5.41, 5.74) is 13.0. The van der Waals surface area contributed by atoms with Crippen molar-refractivity contribution >= 4 is 33.9 Å². The smallest absolute Gasteiger partial charge is 0.0490 e. The highest BCUT2D eigenvalue weighted by Crippen LogP contribution is 2.45. The van der Waals surface area contributed by atoms with E-state index in [9.17, 15) is 0 Å². The maximum absolute atomic E-state index is 2.46. The maximum atomic E-state index is 2.46. The molecule has 1 aliphatic rings. The van der Waals surface area contributed by atoms with Gasteiger partial charge in [-0.05, 0) is 94.8 Å². The van der Waals surface area contributed by atoms with Gasteiger partial charge in [0.1, 0.15) is 0 Å². The van der Waals surface area contributed by atoms with Gasteiger partial charge in [-0.2, -0.15) is 0 Å². The molecule has 0 fully saturated rings. The van der Waals surface area contributed by atoms with Gasteiger partial charge in [0.25, 0.3) is 0 Å². The molecule has 1 aliphatic carbocycles. The molecule has 0 spiro atoms. The Morgan fingerprint density at radius 1 is 0.413 bits per heavy atom. The van der Waals surface area contributed by atoms with Crippen LogP contribution >= 0.6 is 0 Å². The number of anilines is 4. The summed E-state index contributed by atoms with van der Waals surface area (Å²) in [5, 5.41) is 0. The highest BCUT2D eigenvalue weighted by molar-refractivity contribution is 5.95. The van der Waals surface area contributed by atoms with Gasteiger partial charge in [0.05, 0.1) is 0 Å². The summed E-state index contributed by atoms with van der Waals surface area (Å²) in [5.74, 6) is 0. The van der Waals surface area contributed by atoms with Crippen molar-refractivity contribution in [3.05, 3.63) is 204 Å². The lowest BCUT2D eigenvalue weighted by Gasteiger charge is -2.29. The van der Waals surface area contributed by atoms with Crippen LogP contribution in [0.2, 0.25) is 0 Å². The van der Waals surface area contributed by atoms with Gasteiger partial charge in [-0.3, -0.25) is 0 Å². The molecule has 0 N–H and O–H groups in total. The predicted octanol–water partition coefficient (Wildman–Crippen LogP) is 11.4. The molecular weight excluding hydrogens is 556 g/mol. The van der Waals surface area contributed by atoms with E-state index in [2.05, 4.69) is 192 Å². The number of benzene rings is 6. The van der Waals surface area contributed by atoms with E-state index in [0.717, 1.165) is 25.9 Å². The van der Waals surface area contributed by atoms with Gasteiger partial charge >= 0.3 is 0 Å². The van der Waals surface area contributed by atoms with Crippen molar-refractivity contribution in [2.45, 2.75) is 12.8 Å². The average Bonchev–Trinajstić information content (AvgIpc) is 3.56. The highest BCUT2D eigenvalue weighted by Gasteiger charge is 2.28. The van der Waals surface area contributed by atoms with Gasteiger partial charge in [-0.25, -0.2) is 0 Å². The van der Waals surface area contributed by atoms with Crippen LogP contribution < -0.4 is 9.80 Å². The molecular formula is C44H38N2. The van der Waals surface area contributed by atoms with Crippen molar-refractivity contribution in [3.63, 3.8) is 0 Å². The molecule has 0 atom stereocenters. The highest BCUT2D eigenvalue weighted by atomic mass is 15.1. The topological polar surface area (TPSA) is 6.48 Å². The first-order valence-corrected chi connectivity index (χ1v) is 16.2. The van der Waals surface area contributed by atoms with Crippen molar-refractivity contribution in [1.29, 1.82) is 0 Å². The fraction of sp³-hybridized carbons (Fsp3) is 0.0909. The lowest BCUT2D eigenvalue weighted by Crippen LogP contribution is -2.21. The number of hydrogen-bond acceptors (Lipinski definition) is 2. The maximum Gasteiger partial charge on any atom is 0.0490 e. The average molecular weight is 595 g/mol. The fourth-order valence-electron chi connectivity index (χ4n) is 6.63. The fourth-order valence-corrected chi connectivity index (χ4v) is 6.63. The second-order valence-corrected chi connectivity index (χ2v) is 11.7. The molecule has 46 heavy (non-hydrogen) atoms. The number of rotatable bonds is 10. The summed E-state index contributed by atoms with van der Waals surface area (Å²) in [7, 11) is 0. The van der Waals surface area contributed by atoms with E-state index in [1.807, 2.05) is 0 Å². The first-order valence-electron chi connectivity index (χ1n) is 16.2. The lowest BCUT2D eigenvalue weighted by molar-refractivity contribution is 0.934. The number of nitrogens with zero attached hydrogens (tertiary/aromatic N) is 2. The molecule has 2 heteroatoms. The van der Waals surface area contributed by atoms with Gasteiger partial charge in [0, 0.05) is 35.8 Å². The second-order valence-electron chi connectivity index (χ2n) is 11.7. The van der Waals surface area contributed by atoms with E-state index < -0.39 is 0 Å². The van der Waals surface area contributed by atoms with Crippen molar-refractivity contribution in [1.82, 2.24) is 0 Å². The first kappa shape index (κ1) is 29.1. The van der Waals surface area contributed by atoms with E-state index in [0.29, 0.717) is 0 Å². The van der Waals surface area contributed by atoms with Gasteiger partial charge in [0.2, 0.25) is 0 Å². The van der Waals surface area contributed by atoms with Crippen molar-refractivity contribution in [3.8, 4) is 0 Å². The van der Waals surface area contributed by atoms with E-state index >= 15 is 0 Å². The second kappa shape index (κ2) is 14.0. The molecule has 0 aliphatic heterocycles.